The molecule has 0 radical (unpaired) electrons. The van der Waals surface area contributed by atoms with Crippen molar-refractivity contribution in [3.63, 3.8) is 0 Å². The fourth-order valence-electron chi connectivity index (χ4n) is 1.52. The minimum Gasteiger partial charge on any atom is -0.355 e. The lowest BCUT2D eigenvalue weighted by Gasteiger charge is -2.18. The fraction of sp³-hybridized carbons (Fsp3) is 0.889. The number of hydrogen-bond donors (Lipinski definition) is 2. The predicted octanol–water partition coefficient (Wildman–Crippen LogP) is -1.25. The highest BCUT2D eigenvalue weighted by molar-refractivity contribution is 7.89. The van der Waals surface area contributed by atoms with Gasteiger partial charge in [0.1, 0.15) is 0 Å². The van der Waals surface area contributed by atoms with Crippen LogP contribution in [0.15, 0.2) is 0 Å². The molecule has 1 amide bonds. The Balaban J connectivity index is 2.55. The molecule has 0 saturated carbocycles. The van der Waals surface area contributed by atoms with Crippen molar-refractivity contribution in [2.45, 2.75) is 13.3 Å². The van der Waals surface area contributed by atoms with E-state index in [2.05, 4.69) is 10.6 Å². The summed E-state index contributed by atoms with van der Waals surface area (Å²) < 4.78 is 25.0. The van der Waals surface area contributed by atoms with E-state index < -0.39 is 10.0 Å². The minimum absolute atomic E-state index is 0.0472. The number of amides is 1. The summed E-state index contributed by atoms with van der Waals surface area (Å²) in [7, 11) is -3.30. The second kappa shape index (κ2) is 6.17. The van der Waals surface area contributed by atoms with Crippen LogP contribution in [0.3, 0.4) is 0 Å². The van der Waals surface area contributed by atoms with Gasteiger partial charge in [0.25, 0.3) is 0 Å². The third-order valence-corrected chi connectivity index (χ3v) is 4.23. The number of rotatable bonds is 5. The van der Waals surface area contributed by atoms with Crippen LogP contribution < -0.4 is 10.6 Å². The molecule has 0 bridgehead atoms. The molecule has 94 valence electrons. The monoisotopic (exact) mass is 249 g/mol. The summed E-state index contributed by atoms with van der Waals surface area (Å²) >= 11 is 0. The maximum absolute atomic E-state index is 11.9. The van der Waals surface area contributed by atoms with Gasteiger partial charge in [-0.1, -0.05) is 6.92 Å². The second-order valence-corrected chi connectivity index (χ2v) is 5.80. The first-order valence-corrected chi connectivity index (χ1v) is 7.12. The Morgan fingerprint density at radius 2 is 2.25 bits per heavy atom. The van der Waals surface area contributed by atoms with E-state index in [9.17, 15) is 13.2 Å². The van der Waals surface area contributed by atoms with Crippen molar-refractivity contribution < 1.29 is 13.2 Å². The molecule has 0 aromatic rings. The minimum atomic E-state index is -3.30. The van der Waals surface area contributed by atoms with Crippen molar-refractivity contribution in [3.8, 4) is 0 Å². The second-order valence-electron chi connectivity index (χ2n) is 3.71. The largest absolute Gasteiger partial charge is 0.355 e. The van der Waals surface area contributed by atoms with Gasteiger partial charge >= 0.3 is 0 Å². The zero-order valence-corrected chi connectivity index (χ0v) is 10.3. The number of nitrogens with zero attached hydrogens (tertiary/aromatic N) is 1. The van der Waals surface area contributed by atoms with Crippen LogP contribution in [0.25, 0.3) is 0 Å². The fourth-order valence-corrected chi connectivity index (χ4v) is 2.90. The number of nitrogens with one attached hydrogen (secondary N) is 2. The van der Waals surface area contributed by atoms with Crippen LogP contribution in [-0.4, -0.2) is 57.1 Å². The predicted molar refractivity (Wildman–Crippen MR) is 61.5 cm³/mol. The van der Waals surface area contributed by atoms with Crippen LogP contribution in [0.2, 0.25) is 0 Å². The van der Waals surface area contributed by atoms with Gasteiger partial charge in [0.2, 0.25) is 15.9 Å². The summed E-state index contributed by atoms with van der Waals surface area (Å²) in [5.41, 5.74) is 0. The normalized spacial score (nSPS) is 19.2. The van der Waals surface area contributed by atoms with Gasteiger partial charge in [-0.3, -0.25) is 4.79 Å². The Morgan fingerprint density at radius 3 is 2.94 bits per heavy atom. The van der Waals surface area contributed by atoms with E-state index in [1.54, 1.807) is 0 Å². The molecule has 0 aliphatic carbocycles. The first kappa shape index (κ1) is 13.4. The first-order valence-electron chi connectivity index (χ1n) is 5.51. The van der Waals surface area contributed by atoms with Crippen LogP contribution >= 0.6 is 0 Å². The lowest BCUT2D eigenvalue weighted by molar-refractivity contribution is -0.120. The molecule has 1 aliphatic rings. The van der Waals surface area contributed by atoms with Crippen molar-refractivity contribution in [2.75, 3.05) is 38.5 Å². The van der Waals surface area contributed by atoms with E-state index in [0.29, 0.717) is 26.1 Å². The molecule has 7 heteroatoms. The van der Waals surface area contributed by atoms with Crippen LogP contribution in [0.1, 0.15) is 13.3 Å². The Labute approximate surface area is 96.4 Å². The van der Waals surface area contributed by atoms with E-state index in [1.807, 2.05) is 6.92 Å². The van der Waals surface area contributed by atoms with E-state index in [0.717, 1.165) is 6.54 Å². The maximum Gasteiger partial charge on any atom is 0.235 e. The molecule has 6 nitrogen and oxygen atoms in total. The zero-order valence-electron chi connectivity index (χ0n) is 9.53. The molecule has 0 spiro atoms. The molecular formula is C9H19N3O3S. The van der Waals surface area contributed by atoms with Crippen LogP contribution in [0.5, 0.6) is 0 Å². The summed E-state index contributed by atoms with van der Waals surface area (Å²) in [6.07, 6.45) is 0.673. The van der Waals surface area contributed by atoms with Gasteiger partial charge in [0, 0.05) is 19.6 Å². The summed E-state index contributed by atoms with van der Waals surface area (Å²) in [6.45, 7) is 4.03. The van der Waals surface area contributed by atoms with E-state index in [-0.39, 0.29) is 18.2 Å². The Kier molecular flexibility index (Phi) is 5.17. The number of carbonyl (C=O) groups excluding carboxylic acids is 1. The van der Waals surface area contributed by atoms with Crippen molar-refractivity contribution in [1.29, 1.82) is 0 Å². The standard InChI is InChI=1S/C9H19N3O3S/c1-2-10-5-7-16(14,15)12-6-3-4-11-9(13)8-12/h10H,2-8H2,1H3,(H,11,13). The highest BCUT2D eigenvalue weighted by Crippen LogP contribution is 2.04. The van der Waals surface area contributed by atoms with E-state index in [4.69, 9.17) is 0 Å². The molecule has 0 aromatic carbocycles. The maximum atomic E-state index is 11.9. The van der Waals surface area contributed by atoms with Gasteiger partial charge < -0.3 is 10.6 Å². The average Bonchev–Trinajstić information content (AvgIpc) is 2.43. The molecular weight excluding hydrogens is 230 g/mol. The number of carbonyl (C=O) groups is 1. The molecule has 1 rings (SSSR count). The van der Waals surface area contributed by atoms with Crippen LogP contribution in [0.4, 0.5) is 0 Å². The van der Waals surface area contributed by atoms with E-state index in [1.165, 1.54) is 4.31 Å². The van der Waals surface area contributed by atoms with Gasteiger partial charge in [-0.2, -0.15) is 4.31 Å². The first-order chi connectivity index (χ1) is 7.56. The molecule has 1 saturated heterocycles. The third kappa shape index (κ3) is 4.07. The van der Waals surface area contributed by atoms with Crippen molar-refractivity contribution in [1.82, 2.24) is 14.9 Å². The third-order valence-electron chi connectivity index (χ3n) is 2.41. The zero-order chi connectivity index (χ0) is 12.0. The highest BCUT2D eigenvalue weighted by atomic mass is 32.2. The molecule has 0 aromatic heterocycles. The number of sulfonamides is 1. The molecule has 0 unspecified atom stereocenters. The lowest BCUT2D eigenvalue weighted by Crippen LogP contribution is -2.40. The summed E-state index contributed by atoms with van der Waals surface area (Å²) in [5.74, 6) is -0.168. The summed E-state index contributed by atoms with van der Waals surface area (Å²) in [4.78, 5) is 11.2. The summed E-state index contributed by atoms with van der Waals surface area (Å²) in [5, 5.41) is 5.62. The molecule has 16 heavy (non-hydrogen) atoms. The van der Waals surface area contributed by atoms with Crippen LogP contribution in [0, 0.1) is 0 Å². The SMILES string of the molecule is CCNCCS(=O)(=O)N1CCCNC(=O)C1. The highest BCUT2D eigenvalue weighted by Gasteiger charge is 2.25. The molecule has 1 heterocycles. The summed E-state index contributed by atoms with van der Waals surface area (Å²) in [6, 6.07) is 0. The van der Waals surface area contributed by atoms with E-state index >= 15 is 0 Å². The van der Waals surface area contributed by atoms with Crippen LogP contribution in [-0.2, 0) is 14.8 Å². The average molecular weight is 249 g/mol. The molecule has 1 fully saturated rings. The Hall–Kier alpha value is -0.660. The van der Waals surface area contributed by atoms with Gasteiger partial charge in [0.15, 0.2) is 0 Å². The quantitative estimate of drug-likeness (QED) is 0.597. The van der Waals surface area contributed by atoms with Crippen molar-refractivity contribution in [3.05, 3.63) is 0 Å². The molecule has 1 aliphatic heterocycles. The van der Waals surface area contributed by atoms with Crippen molar-refractivity contribution in [2.24, 2.45) is 0 Å². The molecule has 0 atom stereocenters. The van der Waals surface area contributed by atoms with Gasteiger partial charge in [-0.25, -0.2) is 8.42 Å². The number of hydrogen-bond acceptors (Lipinski definition) is 4. The smallest absolute Gasteiger partial charge is 0.235 e. The lowest BCUT2D eigenvalue weighted by atomic mass is 10.4. The van der Waals surface area contributed by atoms with Gasteiger partial charge in [-0.15, -0.1) is 0 Å². The van der Waals surface area contributed by atoms with Gasteiger partial charge in [-0.05, 0) is 13.0 Å². The van der Waals surface area contributed by atoms with Crippen molar-refractivity contribution >= 4 is 15.9 Å². The Morgan fingerprint density at radius 1 is 1.50 bits per heavy atom. The van der Waals surface area contributed by atoms with Gasteiger partial charge in [0.05, 0.1) is 12.3 Å². The molecule has 2 N–H and O–H groups in total. The topological polar surface area (TPSA) is 78.5 Å². The Bertz CT molecular complexity index is 329.